The highest BCUT2D eigenvalue weighted by molar-refractivity contribution is 5.98. The first-order chi connectivity index (χ1) is 11.1. The third-order valence-electron chi connectivity index (χ3n) is 4.34. The largest absolute Gasteiger partial charge is 0.379 e. The lowest BCUT2D eigenvalue weighted by Crippen LogP contribution is -2.41. The molecule has 3 rings (SSSR count). The predicted molar refractivity (Wildman–Crippen MR) is 87.8 cm³/mol. The van der Waals surface area contributed by atoms with Crippen LogP contribution < -0.4 is 10.9 Å². The molecule has 2 aromatic heterocycles. The van der Waals surface area contributed by atoms with Gasteiger partial charge in [-0.25, -0.2) is 0 Å². The van der Waals surface area contributed by atoms with Gasteiger partial charge >= 0.3 is 0 Å². The number of hydrogen-bond donors (Lipinski definition) is 1. The van der Waals surface area contributed by atoms with E-state index in [0.717, 1.165) is 38.4 Å². The van der Waals surface area contributed by atoms with Crippen molar-refractivity contribution in [1.29, 1.82) is 0 Å². The van der Waals surface area contributed by atoms with Gasteiger partial charge in [0.1, 0.15) is 5.69 Å². The van der Waals surface area contributed by atoms with E-state index in [-0.39, 0.29) is 11.5 Å². The molecule has 3 heterocycles. The van der Waals surface area contributed by atoms with Gasteiger partial charge in [0.2, 0.25) is 0 Å². The molecule has 0 unspecified atom stereocenters. The Labute approximate surface area is 134 Å². The Bertz CT molecular complexity index is 771. The van der Waals surface area contributed by atoms with Crippen LogP contribution in [0.5, 0.6) is 0 Å². The van der Waals surface area contributed by atoms with Crippen molar-refractivity contribution >= 4 is 16.8 Å². The Morgan fingerprint density at radius 3 is 2.78 bits per heavy atom. The standard InChI is InChI=1S/C16H22N4O3/c1-18-5-3-13-12(16(18)22)11-14(19(13)2)15(21)17-4-6-20-7-9-23-10-8-20/h3,5,11H,4,6-10H2,1-2H3,(H,17,21). The van der Waals surface area contributed by atoms with Gasteiger partial charge in [-0.3, -0.25) is 14.5 Å². The summed E-state index contributed by atoms with van der Waals surface area (Å²) in [5.74, 6) is -0.154. The van der Waals surface area contributed by atoms with Crippen LogP contribution in [0.25, 0.3) is 10.9 Å². The minimum atomic E-state index is -0.154. The Morgan fingerprint density at radius 1 is 1.30 bits per heavy atom. The molecule has 1 amide bonds. The Hall–Kier alpha value is -2.12. The van der Waals surface area contributed by atoms with Crippen LogP contribution in [0.3, 0.4) is 0 Å². The average molecular weight is 318 g/mol. The summed E-state index contributed by atoms with van der Waals surface area (Å²) in [5.41, 5.74) is 1.18. The molecule has 0 radical (unpaired) electrons. The second-order valence-corrected chi connectivity index (χ2v) is 5.83. The van der Waals surface area contributed by atoms with E-state index >= 15 is 0 Å². The number of hydrogen-bond acceptors (Lipinski definition) is 4. The number of nitrogens with one attached hydrogen (secondary N) is 1. The molecular weight excluding hydrogens is 296 g/mol. The van der Waals surface area contributed by atoms with E-state index in [4.69, 9.17) is 4.74 Å². The summed E-state index contributed by atoms with van der Waals surface area (Å²) in [6.07, 6.45) is 1.71. The lowest BCUT2D eigenvalue weighted by molar-refractivity contribution is 0.0383. The highest BCUT2D eigenvalue weighted by Gasteiger charge is 2.16. The van der Waals surface area contributed by atoms with E-state index < -0.39 is 0 Å². The number of morpholine rings is 1. The summed E-state index contributed by atoms with van der Waals surface area (Å²) in [4.78, 5) is 26.8. The third-order valence-corrected chi connectivity index (χ3v) is 4.34. The zero-order chi connectivity index (χ0) is 16.4. The molecule has 0 bridgehead atoms. The number of nitrogens with zero attached hydrogens (tertiary/aromatic N) is 3. The van der Waals surface area contributed by atoms with Crippen molar-refractivity contribution in [2.24, 2.45) is 14.1 Å². The first kappa shape index (κ1) is 15.8. The fourth-order valence-corrected chi connectivity index (χ4v) is 2.89. The SMILES string of the molecule is Cn1ccc2c(cc(C(=O)NCCN3CCOCC3)n2C)c1=O. The molecule has 2 aromatic rings. The fourth-order valence-electron chi connectivity index (χ4n) is 2.89. The average Bonchev–Trinajstić information content (AvgIpc) is 2.90. The number of ether oxygens (including phenoxy) is 1. The van der Waals surface area contributed by atoms with E-state index in [9.17, 15) is 9.59 Å². The van der Waals surface area contributed by atoms with Gasteiger partial charge in [0.25, 0.3) is 11.5 Å². The van der Waals surface area contributed by atoms with Crippen molar-refractivity contribution < 1.29 is 9.53 Å². The number of rotatable bonds is 4. The smallest absolute Gasteiger partial charge is 0.267 e. The molecule has 0 saturated carbocycles. The van der Waals surface area contributed by atoms with Crippen molar-refractivity contribution in [3.8, 4) is 0 Å². The van der Waals surface area contributed by atoms with Gasteiger partial charge in [0.15, 0.2) is 0 Å². The van der Waals surface area contributed by atoms with Crippen molar-refractivity contribution in [2.75, 3.05) is 39.4 Å². The zero-order valence-electron chi connectivity index (χ0n) is 13.5. The summed E-state index contributed by atoms with van der Waals surface area (Å²) in [6, 6.07) is 3.52. The van der Waals surface area contributed by atoms with Gasteiger partial charge in [-0.05, 0) is 12.1 Å². The predicted octanol–water partition coefficient (Wildman–Crippen LogP) is -0.0610. The van der Waals surface area contributed by atoms with E-state index in [2.05, 4.69) is 10.2 Å². The van der Waals surface area contributed by atoms with Crippen LogP contribution in [0.4, 0.5) is 0 Å². The van der Waals surface area contributed by atoms with Crippen LogP contribution in [-0.4, -0.2) is 59.3 Å². The maximum Gasteiger partial charge on any atom is 0.267 e. The lowest BCUT2D eigenvalue weighted by atomic mass is 10.3. The molecule has 0 aromatic carbocycles. The molecule has 0 spiro atoms. The van der Waals surface area contributed by atoms with Crippen LogP contribution in [0.2, 0.25) is 0 Å². The summed E-state index contributed by atoms with van der Waals surface area (Å²) in [6.45, 7) is 4.69. The number of aromatic nitrogens is 2. The van der Waals surface area contributed by atoms with Gasteiger partial charge in [-0.1, -0.05) is 0 Å². The van der Waals surface area contributed by atoms with Gasteiger partial charge in [0.05, 0.1) is 24.1 Å². The Morgan fingerprint density at radius 2 is 2.04 bits per heavy atom. The third kappa shape index (κ3) is 3.16. The number of amides is 1. The molecule has 0 atom stereocenters. The minimum absolute atomic E-state index is 0.0922. The monoisotopic (exact) mass is 318 g/mol. The van der Waals surface area contributed by atoms with Crippen LogP contribution in [-0.2, 0) is 18.8 Å². The van der Waals surface area contributed by atoms with Crippen LogP contribution in [0.15, 0.2) is 23.1 Å². The molecule has 0 aliphatic carbocycles. The van der Waals surface area contributed by atoms with E-state index in [1.807, 2.05) is 6.07 Å². The summed E-state index contributed by atoms with van der Waals surface area (Å²) in [7, 11) is 3.51. The molecule has 7 nitrogen and oxygen atoms in total. The summed E-state index contributed by atoms with van der Waals surface area (Å²) in [5, 5.41) is 3.50. The van der Waals surface area contributed by atoms with Crippen LogP contribution in [0, 0.1) is 0 Å². The second kappa shape index (κ2) is 6.55. The van der Waals surface area contributed by atoms with Crippen molar-refractivity contribution in [3.63, 3.8) is 0 Å². The molecule has 1 fully saturated rings. The van der Waals surface area contributed by atoms with E-state index in [0.29, 0.717) is 17.6 Å². The highest BCUT2D eigenvalue weighted by Crippen LogP contribution is 2.14. The van der Waals surface area contributed by atoms with Gasteiger partial charge < -0.3 is 19.2 Å². The first-order valence-corrected chi connectivity index (χ1v) is 7.81. The van der Waals surface area contributed by atoms with Crippen LogP contribution >= 0.6 is 0 Å². The Balaban J connectivity index is 1.69. The van der Waals surface area contributed by atoms with Crippen LogP contribution in [0.1, 0.15) is 10.5 Å². The van der Waals surface area contributed by atoms with Gasteiger partial charge in [-0.2, -0.15) is 0 Å². The number of aryl methyl sites for hydroxylation is 2. The number of pyridine rings is 1. The summed E-state index contributed by atoms with van der Waals surface area (Å²) < 4.78 is 8.58. The molecule has 1 aliphatic heterocycles. The molecule has 7 heteroatoms. The zero-order valence-corrected chi connectivity index (χ0v) is 13.5. The second-order valence-electron chi connectivity index (χ2n) is 5.83. The molecule has 1 saturated heterocycles. The quantitative estimate of drug-likeness (QED) is 0.857. The molecule has 1 aliphatic rings. The number of carbonyl (C=O) groups is 1. The normalized spacial score (nSPS) is 15.9. The lowest BCUT2D eigenvalue weighted by Gasteiger charge is -2.26. The van der Waals surface area contributed by atoms with Crippen molar-refractivity contribution in [1.82, 2.24) is 19.4 Å². The summed E-state index contributed by atoms with van der Waals surface area (Å²) >= 11 is 0. The molecule has 124 valence electrons. The number of carbonyl (C=O) groups excluding carboxylic acids is 1. The molecule has 1 N–H and O–H groups in total. The first-order valence-electron chi connectivity index (χ1n) is 7.81. The van der Waals surface area contributed by atoms with E-state index in [1.165, 1.54) is 4.57 Å². The topological polar surface area (TPSA) is 68.5 Å². The maximum absolute atomic E-state index is 12.4. The van der Waals surface area contributed by atoms with E-state index in [1.54, 1.807) is 30.9 Å². The molecular formula is C16H22N4O3. The molecule has 23 heavy (non-hydrogen) atoms. The maximum atomic E-state index is 12.4. The fraction of sp³-hybridized carbons (Fsp3) is 0.500. The highest BCUT2D eigenvalue weighted by atomic mass is 16.5. The van der Waals surface area contributed by atoms with Gasteiger partial charge in [-0.15, -0.1) is 0 Å². The minimum Gasteiger partial charge on any atom is -0.379 e. The van der Waals surface area contributed by atoms with Gasteiger partial charge in [0, 0.05) is 46.5 Å². The van der Waals surface area contributed by atoms with Crippen molar-refractivity contribution in [3.05, 3.63) is 34.4 Å². The van der Waals surface area contributed by atoms with Crippen molar-refractivity contribution in [2.45, 2.75) is 0 Å². The Kier molecular flexibility index (Phi) is 4.49. The number of fused-ring (bicyclic) bond motifs is 1.